The van der Waals surface area contributed by atoms with Crippen LogP contribution in [0.2, 0.25) is 55.9 Å². The van der Waals surface area contributed by atoms with Crippen LogP contribution in [0.25, 0.3) is 0 Å². The van der Waals surface area contributed by atoms with E-state index in [1.807, 2.05) is 0 Å². The molecular weight excluding hydrogens is 685 g/mol. The fourth-order valence-corrected chi connectivity index (χ4v) is 13.9. The molecule has 52 heavy (non-hydrogen) atoms. The summed E-state index contributed by atoms with van der Waals surface area (Å²) in [5.41, 5.74) is 5.45. The molecule has 3 nitrogen and oxygen atoms in total. The maximum atomic E-state index is 7.38. The van der Waals surface area contributed by atoms with Crippen LogP contribution in [0.4, 0.5) is 0 Å². The highest BCUT2D eigenvalue weighted by Gasteiger charge is 2.52. The Bertz CT molecular complexity index is 1510. The summed E-state index contributed by atoms with van der Waals surface area (Å²) in [6.07, 6.45) is 15.6. The van der Waals surface area contributed by atoms with Gasteiger partial charge in [-0.3, -0.25) is 0 Å². The van der Waals surface area contributed by atoms with Crippen molar-refractivity contribution in [2.75, 3.05) is 0 Å². The van der Waals surface area contributed by atoms with Crippen molar-refractivity contribution in [3.63, 3.8) is 0 Å². The van der Waals surface area contributed by atoms with E-state index in [9.17, 15) is 0 Å². The molecule has 3 aliphatic carbocycles. The summed E-state index contributed by atoms with van der Waals surface area (Å²) in [5, 5.41) is 0.268. The zero-order chi connectivity index (χ0) is 39.2. The van der Waals surface area contributed by atoms with Gasteiger partial charge in [0.05, 0.1) is 5.60 Å². The van der Waals surface area contributed by atoms with Crippen LogP contribution in [0.5, 0.6) is 0 Å². The first-order valence-electron chi connectivity index (χ1n) is 20.7. The SMILES string of the molecule is C[C@H](C#Cc1ccccc1C(C)(C)O[Si](C)(C)C)[C@H]1CC[C@H]2/C(=C/C=C3/CCCC(O[Si](C)(C)C(C)(C)C)(O[Si](C)(C)C(C)(C)C)C3)CCC[C@]12C. The molecule has 0 aromatic heterocycles. The smallest absolute Gasteiger partial charge is 0.195 e. The van der Waals surface area contributed by atoms with Gasteiger partial charge in [-0.2, -0.15) is 0 Å². The van der Waals surface area contributed by atoms with E-state index in [4.69, 9.17) is 13.3 Å². The second-order valence-electron chi connectivity index (χ2n) is 21.7. The Balaban J connectivity index is 1.58. The summed E-state index contributed by atoms with van der Waals surface area (Å²) >= 11 is 0. The van der Waals surface area contributed by atoms with Gasteiger partial charge in [-0.1, -0.05) is 109 Å². The van der Waals surface area contributed by atoms with Gasteiger partial charge in [-0.05, 0) is 144 Å². The van der Waals surface area contributed by atoms with Crippen molar-refractivity contribution in [1.82, 2.24) is 0 Å². The monoisotopic (exact) mass is 763 g/mol. The lowest BCUT2D eigenvalue weighted by molar-refractivity contribution is -0.145. The van der Waals surface area contributed by atoms with Crippen molar-refractivity contribution in [3.8, 4) is 11.8 Å². The molecule has 3 saturated carbocycles. The maximum Gasteiger partial charge on any atom is 0.195 e. The minimum Gasteiger partial charge on any atom is -0.409 e. The summed E-state index contributed by atoms with van der Waals surface area (Å²) in [6.45, 7) is 39.9. The Morgan fingerprint density at radius 1 is 0.788 bits per heavy atom. The molecule has 4 atom stereocenters. The third-order valence-corrected chi connectivity index (χ3v) is 23.9. The molecule has 6 heteroatoms. The maximum absolute atomic E-state index is 7.38. The third-order valence-electron chi connectivity index (χ3n) is 13.8. The standard InChI is InChI=1S/C46H78O3Si3/c1-35(26-28-37-23-18-19-25-40(37)44(8,9)47-50(11,12)13)39-30-31-41-38(24-21-32-45(39,41)10)29-27-36-22-20-33-46(34-36,48-51(14,15)42(2,3)4)49-52(16,17)43(5,6)7/h18-19,23,25,27,29,35,39,41H,20-22,24,30-34H2,1-17H3/b36-27-,38-29+/t35-,39-,41+,45-/m1/s1. The van der Waals surface area contributed by atoms with E-state index in [0.29, 0.717) is 23.2 Å². The van der Waals surface area contributed by atoms with Crippen LogP contribution in [0.3, 0.4) is 0 Å². The largest absolute Gasteiger partial charge is 0.409 e. The first-order valence-corrected chi connectivity index (χ1v) is 29.9. The minimum atomic E-state index is -2.07. The molecular formula is C46H78O3Si3. The van der Waals surface area contributed by atoms with E-state index in [2.05, 4.69) is 163 Å². The fraction of sp³-hybridized carbons (Fsp3) is 0.739. The second-order valence-corrected chi connectivity index (χ2v) is 35.5. The summed E-state index contributed by atoms with van der Waals surface area (Å²) in [7, 11) is -5.86. The molecule has 0 N–H and O–H groups in total. The van der Waals surface area contributed by atoms with Crippen LogP contribution in [-0.2, 0) is 18.9 Å². The summed E-state index contributed by atoms with van der Waals surface area (Å²) in [6, 6.07) is 8.65. The Morgan fingerprint density at radius 2 is 1.37 bits per heavy atom. The molecule has 0 bridgehead atoms. The average molecular weight is 763 g/mol. The van der Waals surface area contributed by atoms with Gasteiger partial charge in [0.1, 0.15) is 0 Å². The highest BCUT2D eigenvalue weighted by Crippen LogP contribution is 2.59. The van der Waals surface area contributed by atoms with Gasteiger partial charge in [0.25, 0.3) is 0 Å². The van der Waals surface area contributed by atoms with Crippen molar-refractivity contribution in [3.05, 3.63) is 58.7 Å². The highest BCUT2D eigenvalue weighted by molar-refractivity contribution is 6.75. The number of hydrogen-bond acceptors (Lipinski definition) is 3. The van der Waals surface area contributed by atoms with Crippen LogP contribution >= 0.6 is 0 Å². The van der Waals surface area contributed by atoms with E-state index in [1.54, 1.807) is 5.57 Å². The van der Waals surface area contributed by atoms with Crippen molar-refractivity contribution in [2.24, 2.45) is 23.2 Å². The van der Waals surface area contributed by atoms with Crippen LogP contribution in [0.15, 0.2) is 47.6 Å². The molecule has 0 spiro atoms. The molecule has 3 aliphatic rings. The summed E-state index contributed by atoms with van der Waals surface area (Å²) < 4.78 is 21.4. The lowest BCUT2D eigenvalue weighted by Gasteiger charge is -2.52. The van der Waals surface area contributed by atoms with Crippen molar-refractivity contribution >= 4 is 25.0 Å². The third kappa shape index (κ3) is 9.96. The predicted molar refractivity (Wildman–Crippen MR) is 232 cm³/mol. The molecule has 1 aromatic rings. The quantitative estimate of drug-likeness (QED) is 0.142. The molecule has 3 fully saturated rings. The van der Waals surface area contributed by atoms with Crippen LogP contribution < -0.4 is 0 Å². The lowest BCUT2D eigenvalue weighted by atomic mass is 9.61. The molecule has 0 heterocycles. The Kier molecular flexibility index (Phi) is 12.9. The number of benzene rings is 1. The Labute approximate surface area is 324 Å². The van der Waals surface area contributed by atoms with Gasteiger partial charge >= 0.3 is 0 Å². The van der Waals surface area contributed by atoms with Gasteiger partial charge in [-0.15, -0.1) is 0 Å². The first kappa shape index (κ1) is 43.5. The summed E-state index contributed by atoms with van der Waals surface area (Å²) in [5.74, 6) is 8.55. The van der Waals surface area contributed by atoms with Gasteiger partial charge in [0.15, 0.2) is 30.7 Å². The normalized spacial score (nSPS) is 26.9. The van der Waals surface area contributed by atoms with E-state index >= 15 is 0 Å². The number of allylic oxidation sites excluding steroid dienone is 3. The minimum absolute atomic E-state index is 0.134. The van der Waals surface area contributed by atoms with E-state index < -0.39 is 30.7 Å². The van der Waals surface area contributed by atoms with Crippen LogP contribution in [0, 0.1) is 35.0 Å². The van der Waals surface area contributed by atoms with E-state index in [-0.39, 0.29) is 15.7 Å². The van der Waals surface area contributed by atoms with E-state index in [0.717, 1.165) is 31.2 Å². The first-order chi connectivity index (χ1) is 23.6. The highest BCUT2D eigenvalue weighted by atomic mass is 28.4. The molecule has 292 valence electrons. The zero-order valence-electron chi connectivity index (χ0n) is 36.8. The van der Waals surface area contributed by atoms with Crippen LogP contribution in [-0.4, -0.2) is 30.7 Å². The molecule has 0 aliphatic heterocycles. The Morgan fingerprint density at radius 3 is 1.94 bits per heavy atom. The van der Waals surface area contributed by atoms with Crippen molar-refractivity contribution < 1.29 is 13.3 Å². The molecule has 0 saturated heterocycles. The van der Waals surface area contributed by atoms with Crippen molar-refractivity contribution in [1.29, 1.82) is 0 Å². The summed E-state index contributed by atoms with van der Waals surface area (Å²) in [4.78, 5) is 0. The zero-order valence-corrected chi connectivity index (χ0v) is 39.8. The fourth-order valence-electron chi connectivity index (χ4n) is 9.24. The molecule has 4 rings (SSSR count). The Hall–Kier alpha value is -1.21. The van der Waals surface area contributed by atoms with Gasteiger partial charge in [-0.25, -0.2) is 0 Å². The van der Waals surface area contributed by atoms with E-state index in [1.165, 1.54) is 43.2 Å². The molecule has 1 aromatic carbocycles. The molecule has 0 radical (unpaired) electrons. The van der Waals surface area contributed by atoms with Crippen molar-refractivity contribution in [2.45, 2.75) is 194 Å². The molecule has 0 amide bonds. The number of rotatable bonds is 9. The average Bonchev–Trinajstić information content (AvgIpc) is 3.33. The lowest BCUT2D eigenvalue weighted by Crippen LogP contribution is -2.57. The van der Waals surface area contributed by atoms with Crippen LogP contribution in [0.1, 0.15) is 138 Å². The predicted octanol–water partition coefficient (Wildman–Crippen LogP) is 14.1. The second kappa shape index (κ2) is 15.4. The van der Waals surface area contributed by atoms with Gasteiger partial charge < -0.3 is 13.3 Å². The topological polar surface area (TPSA) is 27.7 Å². The number of fused-ring (bicyclic) bond motifs is 1. The molecule has 0 unspecified atom stereocenters. The van der Waals surface area contributed by atoms with Gasteiger partial charge in [0, 0.05) is 24.3 Å². The number of hydrogen-bond donors (Lipinski definition) is 0. The van der Waals surface area contributed by atoms with Gasteiger partial charge in [0.2, 0.25) is 0 Å².